The van der Waals surface area contributed by atoms with Crippen LogP contribution in [0.2, 0.25) is 0 Å². The zero-order valence-corrected chi connectivity index (χ0v) is 19.8. The fraction of sp³-hybridized carbons (Fsp3) is 0.579. The van der Waals surface area contributed by atoms with Gasteiger partial charge in [-0.2, -0.15) is 0 Å². The largest absolute Gasteiger partial charge is 1.00 e. The van der Waals surface area contributed by atoms with E-state index in [4.69, 9.17) is 0 Å². The topological polar surface area (TPSA) is 0 Å². The minimum atomic E-state index is -0.848. The Kier molecular flexibility index (Phi) is 9.82. The van der Waals surface area contributed by atoms with E-state index in [-0.39, 0.29) is 24.8 Å². The second-order valence-electron chi connectivity index (χ2n) is 6.39. The van der Waals surface area contributed by atoms with Crippen molar-refractivity contribution in [3.8, 4) is 0 Å². The Morgan fingerprint density at radius 1 is 1.09 bits per heavy atom. The van der Waals surface area contributed by atoms with Gasteiger partial charge in [0.2, 0.25) is 0 Å². The number of hydrogen-bond donors (Lipinski definition) is 0. The second-order valence-corrected chi connectivity index (χ2v) is 11.0. The zero-order chi connectivity index (χ0) is 14.9. The van der Waals surface area contributed by atoms with Crippen molar-refractivity contribution < 1.29 is 47.7 Å². The summed E-state index contributed by atoms with van der Waals surface area (Å²) < 4.78 is 3.71. The molecule has 0 N–H and O–H groups in total. The van der Waals surface area contributed by atoms with Crippen LogP contribution in [-0.2, 0) is 22.9 Å². The molecule has 0 nitrogen and oxygen atoms in total. The van der Waals surface area contributed by atoms with Crippen molar-refractivity contribution in [2.75, 3.05) is 0 Å². The minimum absolute atomic E-state index is 0. The number of unbranched alkanes of at least 4 members (excludes halogenated alkanes) is 1. The van der Waals surface area contributed by atoms with Gasteiger partial charge in [-0.25, -0.2) is 0 Å². The summed E-state index contributed by atoms with van der Waals surface area (Å²) in [6.07, 6.45) is 7.75. The minimum Gasteiger partial charge on any atom is -1.00 e. The summed E-state index contributed by atoms with van der Waals surface area (Å²) in [5.41, 5.74) is 8.26. The van der Waals surface area contributed by atoms with Crippen molar-refractivity contribution >= 4 is 0 Å². The van der Waals surface area contributed by atoms with Crippen LogP contribution in [0, 0.1) is 5.92 Å². The SMILES string of the molecule is CCCCC1=CCC(C)=[C]1[Hf+2][C]1=C(C)C(C)=C(C)C1C.[Cl-].[Cl-]. The number of hydrogen-bond acceptors (Lipinski definition) is 0. The number of rotatable bonds is 5. The summed E-state index contributed by atoms with van der Waals surface area (Å²) in [5.74, 6) is 0.728. The molecule has 2 rings (SSSR count). The van der Waals surface area contributed by atoms with Gasteiger partial charge in [0, 0.05) is 0 Å². The predicted molar refractivity (Wildman–Crippen MR) is 85.2 cm³/mol. The monoisotopic (exact) mass is 506 g/mol. The smallest absolute Gasteiger partial charge is 1.00 e. The van der Waals surface area contributed by atoms with Crippen molar-refractivity contribution in [2.45, 2.75) is 67.2 Å². The zero-order valence-electron chi connectivity index (χ0n) is 14.7. The molecule has 0 aromatic rings. The molecule has 1 unspecified atom stereocenters. The molecule has 122 valence electrons. The molecule has 0 heterocycles. The molecule has 0 fully saturated rings. The molecular weight excluding hydrogens is 478 g/mol. The molecular formula is C19H28Cl2Hf. The van der Waals surface area contributed by atoms with E-state index in [0.29, 0.717) is 0 Å². The summed E-state index contributed by atoms with van der Waals surface area (Å²) in [7, 11) is 0. The van der Waals surface area contributed by atoms with Crippen LogP contribution in [0.3, 0.4) is 0 Å². The maximum absolute atomic E-state index is 2.52. The van der Waals surface area contributed by atoms with Crippen LogP contribution in [0.4, 0.5) is 0 Å². The molecule has 1 atom stereocenters. The quantitative estimate of drug-likeness (QED) is 0.466. The molecule has 0 radical (unpaired) electrons. The van der Waals surface area contributed by atoms with Crippen LogP contribution in [0.25, 0.3) is 0 Å². The van der Waals surface area contributed by atoms with Gasteiger partial charge in [0.1, 0.15) is 0 Å². The Balaban J connectivity index is 0.00000220. The summed E-state index contributed by atoms with van der Waals surface area (Å²) in [4.78, 5) is 0. The molecule has 0 amide bonds. The predicted octanol–water partition coefficient (Wildman–Crippen LogP) is 0.131. The summed E-state index contributed by atoms with van der Waals surface area (Å²) in [5, 5.41) is 0. The molecule has 0 aromatic carbocycles. The Morgan fingerprint density at radius 2 is 1.73 bits per heavy atom. The Hall–Kier alpha value is 0.410. The third kappa shape index (κ3) is 4.48. The van der Waals surface area contributed by atoms with E-state index in [0.717, 1.165) is 5.92 Å². The molecule has 0 spiro atoms. The van der Waals surface area contributed by atoms with Crippen LogP contribution >= 0.6 is 0 Å². The Morgan fingerprint density at radius 3 is 2.23 bits per heavy atom. The van der Waals surface area contributed by atoms with Gasteiger partial charge in [-0.05, 0) is 0 Å². The normalized spacial score (nSPS) is 20.8. The summed E-state index contributed by atoms with van der Waals surface area (Å²) in [6.45, 7) is 14.1. The third-order valence-corrected chi connectivity index (χ3v) is 12.6. The van der Waals surface area contributed by atoms with Crippen molar-refractivity contribution in [3.63, 3.8) is 0 Å². The maximum atomic E-state index is 2.52. The van der Waals surface area contributed by atoms with E-state index in [1.807, 2.05) is 6.66 Å². The standard InChI is InChI=1S/C10H15.C9H13.2ClH.Hf/c1-3-4-5-10-7-6-9(2)8-10;1-6-5-7(2)9(4)8(6)3;;;/h7H,3-6H2,1-2H3;6H,1-4H3;2*1H;/q;;;;+2/p-2. The van der Waals surface area contributed by atoms with Gasteiger partial charge in [-0.1, -0.05) is 0 Å². The molecule has 0 saturated carbocycles. The Bertz CT molecular complexity index is 536. The fourth-order valence-corrected chi connectivity index (χ4v) is 9.63. The van der Waals surface area contributed by atoms with E-state index in [1.54, 1.807) is 27.9 Å². The Labute approximate surface area is 160 Å². The molecule has 0 saturated heterocycles. The third-order valence-electron chi connectivity index (χ3n) is 5.10. The molecule has 3 heteroatoms. The van der Waals surface area contributed by atoms with Crippen molar-refractivity contribution in [2.24, 2.45) is 5.92 Å². The molecule has 2 aliphatic carbocycles. The van der Waals surface area contributed by atoms with Gasteiger partial charge in [0.05, 0.1) is 0 Å². The maximum Gasteiger partial charge on any atom is -1.00 e. The van der Waals surface area contributed by atoms with Crippen molar-refractivity contribution in [1.82, 2.24) is 0 Å². The van der Waals surface area contributed by atoms with Crippen LogP contribution < -0.4 is 24.8 Å². The van der Waals surface area contributed by atoms with Crippen LogP contribution in [-0.4, -0.2) is 0 Å². The first-order valence-electron chi connectivity index (χ1n) is 8.02. The van der Waals surface area contributed by atoms with Crippen LogP contribution in [0.5, 0.6) is 0 Å². The van der Waals surface area contributed by atoms with E-state index in [2.05, 4.69) is 47.6 Å². The van der Waals surface area contributed by atoms with Crippen LogP contribution in [0.1, 0.15) is 67.2 Å². The van der Waals surface area contributed by atoms with E-state index in [1.165, 1.54) is 25.7 Å². The van der Waals surface area contributed by atoms with Crippen molar-refractivity contribution in [3.05, 3.63) is 40.6 Å². The molecule has 2 aliphatic rings. The van der Waals surface area contributed by atoms with Gasteiger partial charge in [-0.15, -0.1) is 0 Å². The molecule has 0 aromatic heterocycles. The van der Waals surface area contributed by atoms with Gasteiger partial charge in [0.15, 0.2) is 0 Å². The van der Waals surface area contributed by atoms with Crippen molar-refractivity contribution in [1.29, 1.82) is 0 Å². The summed E-state index contributed by atoms with van der Waals surface area (Å²) in [6, 6.07) is 0. The first-order chi connectivity index (χ1) is 9.47. The van der Waals surface area contributed by atoms with Gasteiger partial charge in [-0.3, -0.25) is 0 Å². The average molecular weight is 506 g/mol. The van der Waals surface area contributed by atoms with Gasteiger partial charge >= 0.3 is 137 Å². The van der Waals surface area contributed by atoms with Crippen LogP contribution in [0.15, 0.2) is 40.6 Å². The second kappa shape index (κ2) is 9.64. The molecule has 0 aliphatic heterocycles. The van der Waals surface area contributed by atoms with Gasteiger partial charge in [0.25, 0.3) is 0 Å². The first kappa shape index (κ1) is 22.4. The van der Waals surface area contributed by atoms with Gasteiger partial charge < -0.3 is 24.8 Å². The molecule has 22 heavy (non-hydrogen) atoms. The fourth-order valence-electron chi connectivity index (χ4n) is 3.24. The number of allylic oxidation sites excluding steroid dienone is 8. The van der Waals surface area contributed by atoms with E-state index >= 15 is 0 Å². The first-order valence-corrected chi connectivity index (χ1v) is 11.6. The number of halogens is 2. The summed E-state index contributed by atoms with van der Waals surface area (Å²) >= 11 is -0.848. The van der Waals surface area contributed by atoms with E-state index < -0.39 is 22.9 Å². The molecule has 0 bridgehead atoms. The van der Waals surface area contributed by atoms with E-state index in [9.17, 15) is 0 Å². The average Bonchev–Trinajstić information content (AvgIpc) is 2.87.